The predicted octanol–water partition coefficient (Wildman–Crippen LogP) is 5.26. The molecule has 1 amide bonds. The number of nitriles is 1. The molecule has 222 valence electrons. The number of rotatable bonds is 10. The number of fused-ring (bicyclic) bond motifs is 1. The van der Waals surface area contributed by atoms with Crippen molar-refractivity contribution >= 4 is 28.2 Å². The van der Waals surface area contributed by atoms with Gasteiger partial charge in [0, 0.05) is 35.8 Å². The molecule has 3 aromatic rings. The number of carbonyl (C=O) groups excluding carboxylic acids is 1. The fourth-order valence-electron chi connectivity index (χ4n) is 5.16. The Morgan fingerprint density at radius 2 is 1.83 bits per heavy atom. The molecule has 0 saturated heterocycles. The van der Waals surface area contributed by atoms with Crippen molar-refractivity contribution in [3.05, 3.63) is 53.7 Å². The van der Waals surface area contributed by atoms with Gasteiger partial charge in [-0.1, -0.05) is 12.0 Å². The van der Waals surface area contributed by atoms with Crippen LogP contribution in [-0.2, 0) is 6.54 Å². The van der Waals surface area contributed by atoms with Gasteiger partial charge in [-0.25, -0.2) is 0 Å². The van der Waals surface area contributed by atoms with E-state index in [0.29, 0.717) is 33.9 Å². The minimum Gasteiger partial charge on any atom is -0.490 e. The maximum Gasteiger partial charge on any atom is 0.406 e. The van der Waals surface area contributed by atoms with Crippen molar-refractivity contribution in [3.8, 4) is 23.7 Å². The summed E-state index contributed by atoms with van der Waals surface area (Å²) in [7, 11) is 3.49. The van der Waals surface area contributed by atoms with Crippen molar-refractivity contribution in [2.75, 3.05) is 37.9 Å². The van der Waals surface area contributed by atoms with E-state index in [1.54, 1.807) is 36.4 Å². The second kappa shape index (κ2) is 14.0. The number of aromatic nitrogens is 1. The predicted molar refractivity (Wildman–Crippen MR) is 158 cm³/mol. The fraction of sp³-hybridized carbons (Fsp3) is 0.419. The van der Waals surface area contributed by atoms with Crippen LogP contribution in [0.15, 0.2) is 42.5 Å². The zero-order valence-corrected chi connectivity index (χ0v) is 23.7. The third-order valence-corrected chi connectivity index (χ3v) is 7.30. The topological polar surface area (TPSA) is 103 Å². The zero-order chi connectivity index (χ0) is 30.1. The number of halogens is 3. The van der Waals surface area contributed by atoms with Crippen LogP contribution in [-0.4, -0.2) is 56.0 Å². The van der Waals surface area contributed by atoms with Crippen molar-refractivity contribution < 1.29 is 22.7 Å². The van der Waals surface area contributed by atoms with Crippen molar-refractivity contribution in [2.45, 2.75) is 56.9 Å². The molecule has 1 saturated carbocycles. The maximum atomic E-state index is 13.6. The number of ether oxygens (including phenoxy) is 1. The largest absolute Gasteiger partial charge is 0.490 e. The van der Waals surface area contributed by atoms with Gasteiger partial charge in [0.15, 0.2) is 0 Å². The molecule has 1 aromatic heterocycles. The lowest BCUT2D eigenvalue weighted by Crippen LogP contribution is -2.34. The van der Waals surface area contributed by atoms with Crippen molar-refractivity contribution in [1.29, 1.82) is 5.26 Å². The van der Waals surface area contributed by atoms with E-state index in [2.05, 4.69) is 33.1 Å². The Morgan fingerprint density at radius 3 is 2.52 bits per heavy atom. The van der Waals surface area contributed by atoms with E-state index in [0.717, 1.165) is 31.4 Å². The number of nitrogens with one attached hydrogen (secondary N) is 4. The van der Waals surface area contributed by atoms with E-state index in [1.165, 1.54) is 11.6 Å². The van der Waals surface area contributed by atoms with E-state index >= 15 is 0 Å². The summed E-state index contributed by atoms with van der Waals surface area (Å²) in [6, 6.07) is 14.7. The molecule has 4 N–H and O–H groups in total. The van der Waals surface area contributed by atoms with Gasteiger partial charge in [-0.3, -0.25) is 4.79 Å². The average molecular weight is 581 g/mol. The fourth-order valence-corrected chi connectivity index (χ4v) is 5.16. The van der Waals surface area contributed by atoms with E-state index in [1.807, 2.05) is 19.2 Å². The molecule has 0 unspecified atom stereocenters. The van der Waals surface area contributed by atoms with Gasteiger partial charge in [0.1, 0.15) is 18.9 Å². The number of amides is 1. The van der Waals surface area contributed by atoms with Crippen LogP contribution in [0, 0.1) is 23.2 Å². The van der Waals surface area contributed by atoms with Gasteiger partial charge in [0.2, 0.25) is 0 Å². The van der Waals surface area contributed by atoms with Gasteiger partial charge in [-0.2, -0.15) is 18.4 Å². The average Bonchev–Trinajstić information content (AvgIpc) is 3.32. The van der Waals surface area contributed by atoms with E-state index in [-0.39, 0.29) is 37.2 Å². The molecule has 8 nitrogen and oxygen atoms in total. The zero-order valence-electron chi connectivity index (χ0n) is 23.7. The molecule has 1 aliphatic carbocycles. The summed E-state index contributed by atoms with van der Waals surface area (Å²) in [4.78, 5) is 12.0. The first-order valence-corrected chi connectivity index (χ1v) is 13.9. The van der Waals surface area contributed by atoms with Gasteiger partial charge in [-0.15, -0.1) is 0 Å². The highest BCUT2D eigenvalue weighted by Crippen LogP contribution is 2.32. The molecule has 1 fully saturated rings. The van der Waals surface area contributed by atoms with Gasteiger partial charge in [0.05, 0.1) is 35.9 Å². The van der Waals surface area contributed by atoms with Crippen LogP contribution >= 0.6 is 0 Å². The summed E-state index contributed by atoms with van der Waals surface area (Å²) >= 11 is 0. The second-order valence-electron chi connectivity index (χ2n) is 10.2. The Balaban J connectivity index is 1.56. The molecule has 0 spiro atoms. The first-order chi connectivity index (χ1) is 20.2. The van der Waals surface area contributed by atoms with Crippen LogP contribution in [0.3, 0.4) is 0 Å². The van der Waals surface area contributed by atoms with Crippen LogP contribution in [0.25, 0.3) is 10.9 Å². The highest BCUT2D eigenvalue weighted by atomic mass is 19.4. The number of anilines is 2. The maximum absolute atomic E-state index is 13.6. The van der Waals surface area contributed by atoms with Gasteiger partial charge in [0.25, 0.3) is 5.91 Å². The number of carbonyl (C=O) groups is 1. The lowest BCUT2D eigenvalue weighted by Gasteiger charge is -2.29. The Bertz CT molecular complexity index is 1490. The first-order valence-electron chi connectivity index (χ1n) is 13.9. The molecule has 0 radical (unpaired) electrons. The third-order valence-electron chi connectivity index (χ3n) is 7.30. The lowest BCUT2D eigenvalue weighted by atomic mass is 9.91. The molecule has 11 heteroatoms. The molecule has 0 aliphatic heterocycles. The summed E-state index contributed by atoms with van der Waals surface area (Å²) in [5.74, 6) is 5.93. The van der Waals surface area contributed by atoms with E-state index < -0.39 is 12.7 Å². The van der Waals surface area contributed by atoms with Crippen LogP contribution in [0.4, 0.5) is 24.5 Å². The van der Waals surface area contributed by atoms with Crippen molar-refractivity contribution in [3.63, 3.8) is 0 Å². The molecule has 42 heavy (non-hydrogen) atoms. The number of hydrogen-bond donors (Lipinski definition) is 4. The lowest BCUT2D eigenvalue weighted by molar-refractivity contribution is -0.140. The first kappa shape index (κ1) is 30.6. The molecule has 0 atom stereocenters. The quantitative estimate of drug-likeness (QED) is 0.193. The summed E-state index contributed by atoms with van der Waals surface area (Å²) in [6.45, 7) is -0.900. The summed E-state index contributed by atoms with van der Waals surface area (Å²) < 4.78 is 47.7. The number of alkyl halides is 3. The minimum atomic E-state index is -4.42. The summed E-state index contributed by atoms with van der Waals surface area (Å²) in [5, 5.41) is 22.1. The Kier molecular flexibility index (Phi) is 10.2. The highest BCUT2D eigenvalue weighted by molar-refractivity contribution is 5.95. The van der Waals surface area contributed by atoms with Crippen molar-refractivity contribution in [2.24, 2.45) is 0 Å². The summed E-state index contributed by atoms with van der Waals surface area (Å²) in [6.07, 6.45) is -0.199. The third kappa shape index (κ3) is 7.89. The molecule has 1 aliphatic rings. The Labute approximate surface area is 243 Å². The Hall–Kier alpha value is -4.35. The van der Waals surface area contributed by atoms with Crippen LogP contribution in [0.1, 0.15) is 48.2 Å². The van der Waals surface area contributed by atoms with Crippen LogP contribution < -0.4 is 26.0 Å². The van der Waals surface area contributed by atoms with Crippen molar-refractivity contribution in [1.82, 2.24) is 15.2 Å². The number of nitrogens with zero attached hydrogens (tertiary/aromatic N) is 2. The van der Waals surface area contributed by atoms with Crippen LogP contribution in [0.5, 0.6) is 5.75 Å². The van der Waals surface area contributed by atoms with E-state index in [9.17, 15) is 18.0 Å². The normalized spacial score (nSPS) is 16.7. The highest BCUT2D eigenvalue weighted by Gasteiger charge is 2.30. The molecule has 0 bridgehead atoms. The smallest absolute Gasteiger partial charge is 0.406 e. The van der Waals surface area contributed by atoms with Gasteiger partial charge >= 0.3 is 6.18 Å². The van der Waals surface area contributed by atoms with Crippen LogP contribution in [0.2, 0.25) is 0 Å². The SMILES string of the molecule is CNC(=O)c1ccc(NCC#Cc2cc3c(N[C@H]4CC[C@H](NC)CC4)cccc3n2CC(F)(F)F)c(OCCC#N)c1. The standard InChI is InChI=1S/C31H35F3N6O2/c1-36-22-10-12-23(13-11-22)39-26-7-3-8-28-25(26)19-24(40(28)20-31(32,33)34)6-4-16-38-27-14-9-21(30(41)37-2)18-29(27)42-17-5-15-35/h3,7-9,14,18-19,22-23,36,38-39H,5,10-13,16-17,20H2,1-2H3,(H,37,41)/t22-,23-. The summed E-state index contributed by atoms with van der Waals surface area (Å²) in [5.41, 5.74) is 2.47. The number of hydrogen-bond acceptors (Lipinski definition) is 6. The molecule has 2 aromatic carbocycles. The van der Waals surface area contributed by atoms with Gasteiger partial charge in [-0.05, 0) is 75.0 Å². The number of benzene rings is 2. The Morgan fingerprint density at radius 1 is 1.07 bits per heavy atom. The second-order valence-corrected chi connectivity index (χ2v) is 10.2. The minimum absolute atomic E-state index is 0.112. The van der Waals surface area contributed by atoms with E-state index in [4.69, 9.17) is 10.00 Å². The monoisotopic (exact) mass is 580 g/mol. The molecule has 1 heterocycles. The molecular weight excluding hydrogens is 545 g/mol. The molecule has 4 rings (SSSR count). The molecular formula is C31H35F3N6O2. The van der Waals surface area contributed by atoms with Gasteiger partial charge < -0.3 is 30.6 Å².